The molecule has 0 saturated carbocycles. The normalized spacial score (nSPS) is 11.6. The van der Waals surface area contributed by atoms with Crippen molar-refractivity contribution in [2.75, 3.05) is 0 Å². The van der Waals surface area contributed by atoms with Crippen LogP contribution in [0.4, 0.5) is 0 Å². The van der Waals surface area contributed by atoms with Crippen LogP contribution < -0.4 is 9.05 Å². The summed E-state index contributed by atoms with van der Waals surface area (Å²) in [5, 5.41) is 12.9. The molecule has 0 atom stereocenters. The molecule has 0 heterocycles. The van der Waals surface area contributed by atoms with E-state index in [1.54, 1.807) is 0 Å². The summed E-state index contributed by atoms with van der Waals surface area (Å²) in [6, 6.07) is 45.4. The highest BCUT2D eigenvalue weighted by Crippen LogP contribution is 2.42. The highest BCUT2D eigenvalue weighted by atomic mass is 31.1. The van der Waals surface area contributed by atoms with Gasteiger partial charge in [0.15, 0.2) is 11.5 Å². The van der Waals surface area contributed by atoms with Crippen LogP contribution in [0.5, 0.6) is 11.5 Å². The number of hydrogen-bond donors (Lipinski definition) is 0. The summed E-state index contributed by atoms with van der Waals surface area (Å²) < 4.78 is 25.6. The molecule has 0 saturated heterocycles. The molecule has 8 rings (SSSR count). The van der Waals surface area contributed by atoms with Crippen molar-refractivity contribution in [2.45, 2.75) is 0 Å². The van der Waals surface area contributed by atoms with Gasteiger partial charge < -0.3 is 0 Å². The van der Waals surface area contributed by atoms with Crippen molar-refractivity contribution >= 4 is 72.9 Å². The van der Waals surface area contributed by atoms with Crippen LogP contribution in [0.25, 0.3) is 64.6 Å². The zero-order chi connectivity index (χ0) is 26.6. The molecule has 3 nitrogen and oxygen atoms in total. The molecule has 8 aromatic carbocycles. The van der Waals surface area contributed by atoms with Gasteiger partial charge in [0, 0.05) is 15.3 Å². The van der Waals surface area contributed by atoms with Crippen molar-refractivity contribution in [3.05, 3.63) is 133 Å². The minimum absolute atomic E-state index is 0.538. The fraction of sp³-hybridized carbons (Fsp3) is 0. The van der Waals surface area contributed by atoms with Gasteiger partial charge in [0.1, 0.15) is 0 Å². The van der Waals surface area contributed by atoms with Gasteiger partial charge in [-0.15, -0.1) is 0 Å². The van der Waals surface area contributed by atoms with Crippen LogP contribution in [-0.4, -0.2) is 0 Å². The average molecular weight is 534 g/mol. The molecule has 0 amide bonds. The Balaban J connectivity index is 1.23. The first kappa shape index (κ1) is 23.0. The topological polar surface area (TPSA) is 35.5 Å². The summed E-state index contributed by atoms with van der Waals surface area (Å²) in [5.74, 6) is 1.08. The van der Waals surface area contributed by atoms with E-state index >= 15 is 0 Å². The Morgan fingerprint density at radius 3 is 1.20 bits per heavy atom. The van der Waals surface area contributed by atoms with Crippen LogP contribution >= 0.6 is 8.25 Å². The second-order valence-corrected chi connectivity index (χ2v) is 10.9. The number of fused-ring (bicyclic) bond motifs is 8. The molecule has 40 heavy (non-hydrogen) atoms. The molecule has 4 heteroatoms. The maximum Gasteiger partial charge on any atom is 0.805 e. The van der Waals surface area contributed by atoms with Gasteiger partial charge in [0.05, 0.1) is 0 Å². The maximum absolute atomic E-state index is 13.5. The lowest BCUT2D eigenvalue weighted by Crippen LogP contribution is -1.92. The SMILES string of the molecule is O=[P+](Oc1cccc2ccc3cc4ccccc4cc3c12)Oc1cccc2ccc3cc4ccccc4cc3c12. The molecular weight excluding hydrogens is 511 g/mol. The van der Waals surface area contributed by atoms with Gasteiger partial charge in [0.2, 0.25) is 0 Å². The van der Waals surface area contributed by atoms with Gasteiger partial charge in [-0.3, -0.25) is 0 Å². The molecule has 0 radical (unpaired) electrons. The van der Waals surface area contributed by atoms with E-state index < -0.39 is 8.25 Å². The molecule has 0 N–H and O–H groups in total. The first-order valence-electron chi connectivity index (χ1n) is 13.2. The van der Waals surface area contributed by atoms with Crippen LogP contribution in [0.3, 0.4) is 0 Å². The lowest BCUT2D eigenvalue weighted by atomic mass is 9.98. The van der Waals surface area contributed by atoms with Crippen molar-refractivity contribution in [3.63, 3.8) is 0 Å². The van der Waals surface area contributed by atoms with Crippen molar-refractivity contribution < 1.29 is 13.6 Å². The van der Waals surface area contributed by atoms with E-state index in [9.17, 15) is 4.57 Å². The lowest BCUT2D eigenvalue weighted by Gasteiger charge is -2.09. The summed E-state index contributed by atoms with van der Waals surface area (Å²) in [5.41, 5.74) is 0. The van der Waals surface area contributed by atoms with E-state index in [0.717, 1.165) is 53.9 Å². The van der Waals surface area contributed by atoms with Gasteiger partial charge in [-0.2, -0.15) is 0 Å². The zero-order valence-corrected chi connectivity index (χ0v) is 22.3. The Bertz CT molecular complexity index is 2140. The summed E-state index contributed by atoms with van der Waals surface area (Å²) in [6.07, 6.45) is 0. The number of benzene rings is 8. The molecule has 0 aliphatic carbocycles. The predicted octanol–water partition coefficient (Wildman–Crippen LogP) is 10.7. The third-order valence-electron chi connectivity index (χ3n) is 7.72. The second-order valence-electron chi connectivity index (χ2n) is 10.1. The highest BCUT2D eigenvalue weighted by Gasteiger charge is 2.27. The van der Waals surface area contributed by atoms with E-state index in [0.29, 0.717) is 11.5 Å². The van der Waals surface area contributed by atoms with Gasteiger partial charge in [-0.25, -0.2) is 9.05 Å². The Morgan fingerprint density at radius 1 is 0.375 bits per heavy atom. The summed E-state index contributed by atoms with van der Waals surface area (Å²) in [6.45, 7) is 0. The average Bonchev–Trinajstić information content (AvgIpc) is 2.99. The van der Waals surface area contributed by atoms with Gasteiger partial charge in [-0.1, -0.05) is 97.1 Å². The lowest BCUT2D eigenvalue weighted by molar-refractivity contribution is 0.419. The third-order valence-corrected chi connectivity index (χ3v) is 8.41. The quantitative estimate of drug-likeness (QED) is 0.128. The molecular formula is C36H22O3P+. The molecule has 0 unspecified atom stereocenters. The molecule has 0 aromatic heterocycles. The van der Waals surface area contributed by atoms with Crippen molar-refractivity contribution in [1.29, 1.82) is 0 Å². The fourth-order valence-electron chi connectivity index (χ4n) is 5.87. The smallest absolute Gasteiger partial charge is 0.221 e. The van der Waals surface area contributed by atoms with Gasteiger partial charge in [-0.05, 0) is 90.3 Å². The standard InChI is InChI=1S/C36H22O3P/c37-40(38-33-13-5-11-23-15-17-29-19-25-7-1-3-9-27(25)21-31(29)35(23)33)39-34-14-6-12-24-16-18-30-20-26-8-2-4-10-28(26)22-32(30)36(24)34/h1-22H/q+1. The van der Waals surface area contributed by atoms with Crippen LogP contribution in [0.2, 0.25) is 0 Å². The Morgan fingerprint density at radius 2 is 0.750 bits per heavy atom. The van der Waals surface area contributed by atoms with Crippen molar-refractivity contribution in [1.82, 2.24) is 0 Å². The number of hydrogen-bond acceptors (Lipinski definition) is 3. The number of rotatable bonds is 4. The van der Waals surface area contributed by atoms with E-state index in [2.05, 4.69) is 72.8 Å². The zero-order valence-electron chi connectivity index (χ0n) is 21.4. The van der Waals surface area contributed by atoms with Crippen molar-refractivity contribution in [3.8, 4) is 11.5 Å². The molecule has 0 bridgehead atoms. The first-order valence-corrected chi connectivity index (χ1v) is 14.3. The fourth-order valence-corrected chi connectivity index (χ4v) is 6.53. The largest absolute Gasteiger partial charge is 0.805 e. The Hall–Kier alpha value is -4.98. The van der Waals surface area contributed by atoms with E-state index in [-0.39, 0.29) is 0 Å². The predicted molar refractivity (Wildman–Crippen MR) is 167 cm³/mol. The van der Waals surface area contributed by atoms with E-state index in [1.165, 1.54) is 10.8 Å². The summed E-state index contributed by atoms with van der Waals surface area (Å²) in [4.78, 5) is 0. The molecule has 0 spiro atoms. The van der Waals surface area contributed by atoms with Gasteiger partial charge in [0.25, 0.3) is 0 Å². The minimum atomic E-state index is -2.51. The Kier molecular flexibility index (Phi) is 5.19. The highest BCUT2D eigenvalue weighted by molar-refractivity contribution is 7.34. The van der Waals surface area contributed by atoms with Crippen LogP contribution in [0.15, 0.2) is 133 Å². The third kappa shape index (κ3) is 3.75. The molecule has 8 aromatic rings. The van der Waals surface area contributed by atoms with Crippen LogP contribution in [0, 0.1) is 0 Å². The minimum Gasteiger partial charge on any atom is -0.221 e. The molecule has 0 aliphatic rings. The van der Waals surface area contributed by atoms with E-state index in [4.69, 9.17) is 9.05 Å². The van der Waals surface area contributed by atoms with Crippen LogP contribution in [0.1, 0.15) is 0 Å². The van der Waals surface area contributed by atoms with E-state index in [1.807, 2.05) is 60.7 Å². The van der Waals surface area contributed by atoms with Crippen LogP contribution in [-0.2, 0) is 4.57 Å². The monoisotopic (exact) mass is 533 g/mol. The molecule has 188 valence electrons. The van der Waals surface area contributed by atoms with Crippen molar-refractivity contribution in [2.24, 2.45) is 0 Å². The molecule has 0 aliphatic heterocycles. The summed E-state index contributed by atoms with van der Waals surface area (Å²) in [7, 11) is -2.51. The maximum atomic E-state index is 13.5. The summed E-state index contributed by atoms with van der Waals surface area (Å²) >= 11 is 0. The Labute approximate surface area is 231 Å². The van der Waals surface area contributed by atoms with Gasteiger partial charge >= 0.3 is 8.25 Å². The molecule has 0 fully saturated rings. The first-order chi connectivity index (χ1) is 19.7. The second kappa shape index (κ2) is 9.05.